The number of ether oxygens (including phenoxy) is 1. The lowest BCUT2D eigenvalue weighted by Crippen LogP contribution is -2.43. The van der Waals surface area contributed by atoms with Gasteiger partial charge in [0.15, 0.2) is 5.96 Å². The summed E-state index contributed by atoms with van der Waals surface area (Å²) < 4.78 is 5.45. The summed E-state index contributed by atoms with van der Waals surface area (Å²) in [7, 11) is 5.65. The standard InChI is InChI=1S/C20H34N4O/c1-5-12-24-13-10-17(11-14-24)15-22-20(21-2)23(3)16-18-8-6-7-9-19(18)25-4/h6-9,17H,5,10-16H2,1-4H3,(H,21,22). The van der Waals surface area contributed by atoms with Crippen LogP contribution in [0, 0.1) is 5.92 Å². The molecule has 1 N–H and O–H groups in total. The number of hydrogen-bond donors (Lipinski definition) is 1. The lowest BCUT2D eigenvalue weighted by atomic mass is 9.97. The van der Waals surface area contributed by atoms with Gasteiger partial charge in [-0.2, -0.15) is 0 Å². The molecule has 5 heteroatoms. The van der Waals surface area contributed by atoms with E-state index in [1.54, 1.807) is 7.11 Å². The fraction of sp³-hybridized carbons (Fsp3) is 0.650. The van der Waals surface area contributed by atoms with Crippen molar-refractivity contribution in [3.05, 3.63) is 29.8 Å². The first-order chi connectivity index (χ1) is 12.2. The first-order valence-corrected chi connectivity index (χ1v) is 9.44. The molecule has 0 amide bonds. The molecule has 2 rings (SSSR count). The van der Waals surface area contributed by atoms with Crippen LogP contribution in [0.3, 0.4) is 0 Å². The number of para-hydroxylation sites is 1. The number of guanidine groups is 1. The van der Waals surface area contributed by atoms with Crippen LogP contribution in [0.1, 0.15) is 31.7 Å². The lowest BCUT2D eigenvalue weighted by Gasteiger charge is -2.32. The highest BCUT2D eigenvalue weighted by Crippen LogP contribution is 2.19. The molecule has 1 saturated heterocycles. The summed E-state index contributed by atoms with van der Waals surface area (Å²) in [6.07, 6.45) is 3.81. The van der Waals surface area contributed by atoms with Gasteiger partial charge in [-0.15, -0.1) is 0 Å². The van der Waals surface area contributed by atoms with Crippen LogP contribution in [0.25, 0.3) is 0 Å². The first-order valence-electron chi connectivity index (χ1n) is 9.44. The number of nitrogens with zero attached hydrogens (tertiary/aromatic N) is 3. The normalized spacial score (nSPS) is 16.7. The third-order valence-electron chi connectivity index (χ3n) is 4.97. The molecule has 0 bridgehead atoms. The van der Waals surface area contributed by atoms with E-state index < -0.39 is 0 Å². The van der Waals surface area contributed by atoms with Crippen molar-refractivity contribution >= 4 is 5.96 Å². The SMILES string of the molecule is CCCN1CCC(CNC(=NC)N(C)Cc2ccccc2OC)CC1. The van der Waals surface area contributed by atoms with Crippen LogP contribution in [0.5, 0.6) is 5.75 Å². The van der Waals surface area contributed by atoms with Crippen molar-refractivity contribution < 1.29 is 4.74 Å². The highest BCUT2D eigenvalue weighted by atomic mass is 16.5. The molecule has 1 aromatic carbocycles. The molecule has 0 aliphatic carbocycles. The monoisotopic (exact) mass is 346 g/mol. The highest BCUT2D eigenvalue weighted by Gasteiger charge is 2.19. The van der Waals surface area contributed by atoms with E-state index in [-0.39, 0.29) is 0 Å². The molecule has 1 aliphatic rings. The van der Waals surface area contributed by atoms with Crippen LogP contribution < -0.4 is 10.1 Å². The van der Waals surface area contributed by atoms with E-state index in [0.717, 1.165) is 30.7 Å². The van der Waals surface area contributed by atoms with Crippen LogP contribution in [-0.2, 0) is 6.54 Å². The number of piperidine rings is 1. The molecule has 5 nitrogen and oxygen atoms in total. The fourth-order valence-electron chi connectivity index (χ4n) is 3.51. The van der Waals surface area contributed by atoms with E-state index in [1.807, 2.05) is 25.2 Å². The average Bonchev–Trinajstić information content (AvgIpc) is 2.64. The summed E-state index contributed by atoms with van der Waals surface area (Å²) in [5.74, 6) is 2.61. The van der Waals surface area contributed by atoms with Gasteiger partial charge >= 0.3 is 0 Å². The van der Waals surface area contributed by atoms with E-state index in [1.165, 1.54) is 44.5 Å². The van der Waals surface area contributed by atoms with Gasteiger partial charge < -0.3 is 19.9 Å². The molecule has 0 saturated carbocycles. The summed E-state index contributed by atoms with van der Waals surface area (Å²) in [5, 5.41) is 3.56. The minimum absolute atomic E-state index is 0.740. The maximum absolute atomic E-state index is 5.45. The minimum atomic E-state index is 0.740. The molecule has 1 aromatic rings. The van der Waals surface area contributed by atoms with Crippen molar-refractivity contribution in [2.75, 3.05) is 47.4 Å². The number of aliphatic imine (C=N–C) groups is 1. The summed E-state index contributed by atoms with van der Waals surface area (Å²) in [6, 6.07) is 8.15. The Morgan fingerprint density at radius 3 is 2.68 bits per heavy atom. The topological polar surface area (TPSA) is 40.1 Å². The Morgan fingerprint density at radius 1 is 1.32 bits per heavy atom. The number of likely N-dealkylation sites (tertiary alicyclic amines) is 1. The van der Waals surface area contributed by atoms with Gasteiger partial charge in [-0.1, -0.05) is 25.1 Å². The second-order valence-corrected chi connectivity index (χ2v) is 6.88. The lowest BCUT2D eigenvalue weighted by molar-refractivity contribution is 0.185. The molecule has 0 unspecified atom stereocenters. The molecule has 0 aromatic heterocycles. The Bertz CT molecular complexity index is 538. The van der Waals surface area contributed by atoms with E-state index in [0.29, 0.717) is 0 Å². The predicted octanol–water partition coefficient (Wildman–Crippen LogP) is 2.82. The van der Waals surface area contributed by atoms with E-state index in [2.05, 4.69) is 40.1 Å². The molecule has 25 heavy (non-hydrogen) atoms. The zero-order valence-electron chi connectivity index (χ0n) is 16.3. The van der Waals surface area contributed by atoms with Gasteiger partial charge in [0.25, 0.3) is 0 Å². The van der Waals surface area contributed by atoms with Gasteiger partial charge in [0.1, 0.15) is 5.75 Å². The van der Waals surface area contributed by atoms with Gasteiger partial charge in [-0.05, 0) is 50.9 Å². The molecule has 1 fully saturated rings. The molecular weight excluding hydrogens is 312 g/mol. The molecule has 1 aliphatic heterocycles. The van der Waals surface area contributed by atoms with Crippen LogP contribution in [0.15, 0.2) is 29.3 Å². The molecule has 1 heterocycles. The van der Waals surface area contributed by atoms with E-state index in [4.69, 9.17) is 4.74 Å². The molecule has 0 atom stereocenters. The fourth-order valence-corrected chi connectivity index (χ4v) is 3.51. The third-order valence-corrected chi connectivity index (χ3v) is 4.97. The van der Waals surface area contributed by atoms with Crippen LogP contribution in [-0.4, -0.2) is 63.1 Å². The molecule has 0 spiro atoms. The summed E-state index contributed by atoms with van der Waals surface area (Å²) in [5.41, 5.74) is 1.17. The smallest absolute Gasteiger partial charge is 0.193 e. The molecule has 140 valence electrons. The first kappa shape index (κ1) is 19.6. The number of benzene rings is 1. The van der Waals surface area contributed by atoms with Crippen molar-refractivity contribution in [2.45, 2.75) is 32.7 Å². The Balaban J connectivity index is 1.82. The van der Waals surface area contributed by atoms with Crippen LogP contribution >= 0.6 is 0 Å². The Labute approximate surface area is 153 Å². The van der Waals surface area contributed by atoms with Crippen molar-refractivity contribution in [3.63, 3.8) is 0 Å². The second-order valence-electron chi connectivity index (χ2n) is 6.88. The average molecular weight is 347 g/mol. The van der Waals surface area contributed by atoms with Crippen LogP contribution in [0.4, 0.5) is 0 Å². The third kappa shape index (κ3) is 5.92. The van der Waals surface area contributed by atoms with Crippen molar-refractivity contribution in [1.82, 2.24) is 15.1 Å². The summed E-state index contributed by atoms with van der Waals surface area (Å²) in [4.78, 5) is 9.19. The van der Waals surface area contributed by atoms with Crippen molar-refractivity contribution in [1.29, 1.82) is 0 Å². The number of nitrogens with one attached hydrogen (secondary N) is 1. The molecular formula is C20H34N4O. The zero-order chi connectivity index (χ0) is 18.1. The Kier molecular flexibility index (Phi) is 8.06. The van der Waals surface area contributed by atoms with Gasteiger partial charge in [-0.25, -0.2) is 0 Å². The highest BCUT2D eigenvalue weighted by molar-refractivity contribution is 5.79. The summed E-state index contributed by atoms with van der Waals surface area (Å²) in [6.45, 7) is 7.74. The number of methoxy groups -OCH3 is 1. The van der Waals surface area contributed by atoms with Gasteiger partial charge in [0.2, 0.25) is 0 Å². The number of rotatable bonds is 7. The largest absolute Gasteiger partial charge is 0.496 e. The maximum Gasteiger partial charge on any atom is 0.193 e. The quantitative estimate of drug-likeness (QED) is 0.609. The van der Waals surface area contributed by atoms with Crippen molar-refractivity contribution in [2.24, 2.45) is 10.9 Å². The Morgan fingerprint density at radius 2 is 2.04 bits per heavy atom. The second kappa shape index (κ2) is 10.3. The van der Waals surface area contributed by atoms with Gasteiger partial charge in [0, 0.05) is 32.7 Å². The summed E-state index contributed by atoms with van der Waals surface area (Å²) >= 11 is 0. The zero-order valence-corrected chi connectivity index (χ0v) is 16.3. The van der Waals surface area contributed by atoms with Crippen molar-refractivity contribution in [3.8, 4) is 5.75 Å². The predicted molar refractivity (Wildman–Crippen MR) is 105 cm³/mol. The molecule has 0 radical (unpaired) electrons. The minimum Gasteiger partial charge on any atom is -0.496 e. The Hall–Kier alpha value is -1.75. The van der Waals surface area contributed by atoms with Gasteiger partial charge in [0.05, 0.1) is 7.11 Å². The van der Waals surface area contributed by atoms with Crippen LogP contribution in [0.2, 0.25) is 0 Å². The maximum atomic E-state index is 5.45. The number of hydrogen-bond acceptors (Lipinski definition) is 3. The van der Waals surface area contributed by atoms with Gasteiger partial charge in [-0.3, -0.25) is 4.99 Å². The van der Waals surface area contributed by atoms with E-state index >= 15 is 0 Å². The van der Waals surface area contributed by atoms with E-state index in [9.17, 15) is 0 Å².